The second-order valence-corrected chi connectivity index (χ2v) is 3.31. The molecule has 0 saturated carbocycles. The molecule has 0 aliphatic carbocycles. The molecule has 2 aromatic rings. The highest BCUT2D eigenvalue weighted by Crippen LogP contribution is 2.23. The first-order valence-electron chi connectivity index (χ1n) is 4.53. The molecule has 2 heteroatoms. The number of rotatable bonds is 2. The topological polar surface area (TPSA) is 22.4 Å². The lowest BCUT2D eigenvalue weighted by molar-refractivity contribution is 0.466. The van der Waals surface area contributed by atoms with Crippen LogP contribution in [0.2, 0.25) is 0 Å². The van der Waals surface area contributed by atoms with Crippen molar-refractivity contribution in [3.63, 3.8) is 0 Å². The standard InChI is InChI=1S/C12H12O2/c1-9-3-4-11(7-10(9)2)14-12-5-6-13-8-12/h3-8H,1-2H3. The zero-order chi connectivity index (χ0) is 9.97. The Bertz CT molecular complexity index is 416. The predicted molar refractivity (Wildman–Crippen MR) is 54.7 cm³/mol. The highest BCUT2D eigenvalue weighted by Gasteiger charge is 1.99. The number of benzene rings is 1. The van der Waals surface area contributed by atoms with Gasteiger partial charge >= 0.3 is 0 Å². The van der Waals surface area contributed by atoms with E-state index in [2.05, 4.69) is 13.8 Å². The van der Waals surface area contributed by atoms with Crippen molar-refractivity contribution in [3.05, 3.63) is 47.9 Å². The highest BCUT2D eigenvalue weighted by atomic mass is 16.5. The summed E-state index contributed by atoms with van der Waals surface area (Å²) < 4.78 is 10.5. The van der Waals surface area contributed by atoms with Crippen molar-refractivity contribution < 1.29 is 9.15 Å². The minimum absolute atomic E-state index is 0.730. The van der Waals surface area contributed by atoms with Crippen molar-refractivity contribution in [3.8, 4) is 11.5 Å². The molecule has 14 heavy (non-hydrogen) atoms. The smallest absolute Gasteiger partial charge is 0.165 e. The van der Waals surface area contributed by atoms with Crippen LogP contribution in [0.25, 0.3) is 0 Å². The van der Waals surface area contributed by atoms with Crippen LogP contribution in [0.1, 0.15) is 11.1 Å². The average molecular weight is 188 g/mol. The molecule has 1 aromatic heterocycles. The fraction of sp³-hybridized carbons (Fsp3) is 0.167. The molecule has 0 saturated heterocycles. The summed E-state index contributed by atoms with van der Waals surface area (Å²) in [6, 6.07) is 7.80. The minimum Gasteiger partial charge on any atom is -0.469 e. The summed E-state index contributed by atoms with van der Waals surface area (Å²) in [5.41, 5.74) is 2.50. The molecule has 0 aliphatic heterocycles. The maximum absolute atomic E-state index is 5.56. The molecule has 0 amide bonds. The van der Waals surface area contributed by atoms with Gasteiger partial charge in [0, 0.05) is 6.07 Å². The molecule has 0 radical (unpaired) electrons. The molecular weight excluding hydrogens is 176 g/mol. The largest absolute Gasteiger partial charge is 0.469 e. The van der Waals surface area contributed by atoms with Gasteiger partial charge < -0.3 is 9.15 Å². The zero-order valence-corrected chi connectivity index (χ0v) is 8.28. The molecule has 0 bridgehead atoms. The highest BCUT2D eigenvalue weighted by molar-refractivity contribution is 5.36. The first-order valence-corrected chi connectivity index (χ1v) is 4.53. The summed E-state index contributed by atoms with van der Waals surface area (Å²) in [4.78, 5) is 0. The molecule has 0 atom stereocenters. The van der Waals surface area contributed by atoms with Crippen LogP contribution < -0.4 is 4.74 Å². The van der Waals surface area contributed by atoms with E-state index in [4.69, 9.17) is 9.15 Å². The van der Waals surface area contributed by atoms with Crippen molar-refractivity contribution in [2.45, 2.75) is 13.8 Å². The van der Waals surface area contributed by atoms with E-state index in [1.165, 1.54) is 11.1 Å². The Kier molecular flexibility index (Phi) is 2.27. The number of aryl methyl sites for hydroxylation is 2. The first-order chi connectivity index (χ1) is 6.75. The number of hydrogen-bond acceptors (Lipinski definition) is 2. The lowest BCUT2D eigenvalue weighted by Gasteiger charge is -2.05. The Hall–Kier alpha value is -1.70. The van der Waals surface area contributed by atoms with Gasteiger partial charge in [0.15, 0.2) is 5.75 Å². The van der Waals surface area contributed by atoms with Gasteiger partial charge in [0.05, 0.1) is 6.26 Å². The van der Waals surface area contributed by atoms with Crippen LogP contribution >= 0.6 is 0 Å². The maximum atomic E-state index is 5.56. The summed E-state index contributed by atoms with van der Waals surface area (Å²) in [5.74, 6) is 1.57. The first kappa shape index (κ1) is 8.88. The summed E-state index contributed by atoms with van der Waals surface area (Å²) in [6.45, 7) is 4.15. The Morgan fingerprint density at radius 3 is 2.50 bits per heavy atom. The fourth-order valence-electron chi connectivity index (χ4n) is 1.22. The van der Waals surface area contributed by atoms with Crippen molar-refractivity contribution in [1.29, 1.82) is 0 Å². The van der Waals surface area contributed by atoms with Crippen molar-refractivity contribution >= 4 is 0 Å². The van der Waals surface area contributed by atoms with Crippen LogP contribution in [0.5, 0.6) is 11.5 Å². The third-order valence-corrected chi connectivity index (χ3v) is 2.21. The van der Waals surface area contributed by atoms with E-state index in [0.717, 1.165) is 11.5 Å². The van der Waals surface area contributed by atoms with Crippen molar-refractivity contribution in [2.24, 2.45) is 0 Å². The Morgan fingerprint density at radius 1 is 1.00 bits per heavy atom. The van der Waals surface area contributed by atoms with Gasteiger partial charge in [-0.05, 0) is 37.1 Å². The SMILES string of the molecule is Cc1ccc(Oc2ccoc2)cc1C. The molecule has 0 fully saturated rings. The number of ether oxygens (including phenoxy) is 1. The summed E-state index contributed by atoms with van der Waals surface area (Å²) in [7, 11) is 0. The molecule has 0 N–H and O–H groups in total. The predicted octanol–water partition coefficient (Wildman–Crippen LogP) is 3.69. The second kappa shape index (κ2) is 3.58. The van der Waals surface area contributed by atoms with Crippen LogP contribution in [0.15, 0.2) is 41.2 Å². The monoisotopic (exact) mass is 188 g/mol. The van der Waals surface area contributed by atoms with Gasteiger partial charge in [-0.15, -0.1) is 0 Å². The minimum atomic E-state index is 0.730. The Labute approximate surface area is 83.1 Å². The third-order valence-electron chi connectivity index (χ3n) is 2.21. The van der Waals surface area contributed by atoms with E-state index in [9.17, 15) is 0 Å². The van der Waals surface area contributed by atoms with E-state index in [-0.39, 0.29) is 0 Å². The van der Waals surface area contributed by atoms with Crippen LogP contribution in [0, 0.1) is 13.8 Å². The molecule has 1 heterocycles. The van der Waals surface area contributed by atoms with Gasteiger partial charge in [-0.2, -0.15) is 0 Å². The van der Waals surface area contributed by atoms with Crippen LogP contribution in [0.4, 0.5) is 0 Å². The van der Waals surface area contributed by atoms with E-state index >= 15 is 0 Å². The Morgan fingerprint density at radius 2 is 1.86 bits per heavy atom. The fourth-order valence-corrected chi connectivity index (χ4v) is 1.22. The van der Waals surface area contributed by atoms with Gasteiger partial charge in [0.1, 0.15) is 12.0 Å². The molecule has 1 aromatic carbocycles. The quantitative estimate of drug-likeness (QED) is 0.717. The van der Waals surface area contributed by atoms with E-state index < -0.39 is 0 Å². The van der Waals surface area contributed by atoms with Crippen molar-refractivity contribution in [2.75, 3.05) is 0 Å². The maximum Gasteiger partial charge on any atom is 0.165 e. The van der Waals surface area contributed by atoms with E-state index in [1.54, 1.807) is 18.6 Å². The zero-order valence-electron chi connectivity index (χ0n) is 8.28. The molecule has 0 spiro atoms. The number of hydrogen-bond donors (Lipinski definition) is 0. The normalized spacial score (nSPS) is 10.1. The molecule has 0 unspecified atom stereocenters. The summed E-state index contributed by atoms with van der Waals surface area (Å²) >= 11 is 0. The van der Waals surface area contributed by atoms with Gasteiger partial charge in [-0.1, -0.05) is 6.07 Å². The van der Waals surface area contributed by atoms with Crippen LogP contribution in [-0.4, -0.2) is 0 Å². The molecule has 2 nitrogen and oxygen atoms in total. The van der Waals surface area contributed by atoms with Crippen LogP contribution in [0.3, 0.4) is 0 Å². The second-order valence-electron chi connectivity index (χ2n) is 3.31. The number of furan rings is 1. The molecule has 0 aliphatic rings. The van der Waals surface area contributed by atoms with E-state index in [1.807, 2.05) is 18.2 Å². The summed E-state index contributed by atoms with van der Waals surface area (Å²) in [5, 5.41) is 0. The molecule has 2 rings (SSSR count). The van der Waals surface area contributed by atoms with Gasteiger partial charge in [0.2, 0.25) is 0 Å². The van der Waals surface area contributed by atoms with Crippen molar-refractivity contribution in [1.82, 2.24) is 0 Å². The molecule has 72 valence electrons. The average Bonchev–Trinajstić information content (AvgIpc) is 2.64. The summed E-state index contributed by atoms with van der Waals surface area (Å²) in [6.07, 6.45) is 3.17. The van der Waals surface area contributed by atoms with Gasteiger partial charge in [-0.25, -0.2) is 0 Å². The van der Waals surface area contributed by atoms with E-state index in [0.29, 0.717) is 0 Å². The van der Waals surface area contributed by atoms with Gasteiger partial charge in [0.25, 0.3) is 0 Å². The van der Waals surface area contributed by atoms with Crippen LogP contribution in [-0.2, 0) is 0 Å². The lowest BCUT2D eigenvalue weighted by atomic mass is 10.1. The third kappa shape index (κ3) is 1.79. The molecular formula is C12H12O2. The van der Waals surface area contributed by atoms with Gasteiger partial charge in [-0.3, -0.25) is 0 Å². The lowest BCUT2D eigenvalue weighted by Crippen LogP contribution is -1.85. The Balaban J connectivity index is 2.22.